The van der Waals surface area contributed by atoms with Crippen molar-refractivity contribution in [2.75, 3.05) is 32.8 Å². The third-order valence-electron chi connectivity index (χ3n) is 5.31. The van der Waals surface area contributed by atoms with Gasteiger partial charge < -0.3 is 9.64 Å². The predicted octanol–water partition coefficient (Wildman–Crippen LogP) is 3.62. The lowest BCUT2D eigenvalue weighted by atomic mass is 10.1. The van der Waals surface area contributed by atoms with Gasteiger partial charge in [-0.25, -0.2) is 21.6 Å². The molecule has 174 valence electrons. The molecule has 2 aromatic carbocycles. The second-order valence-electron chi connectivity index (χ2n) is 7.43. The normalized spacial score (nSPS) is 17.0. The Labute approximate surface area is 193 Å². The molecule has 4 rings (SSSR count). The van der Waals surface area contributed by atoms with Crippen molar-refractivity contribution >= 4 is 33.6 Å². The van der Waals surface area contributed by atoms with Crippen LogP contribution in [0.5, 0.6) is 5.75 Å². The third-order valence-corrected chi connectivity index (χ3v) is 7.47. The van der Waals surface area contributed by atoms with Gasteiger partial charge >= 0.3 is 0 Å². The molecule has 2 heterocycles. The average Bonchev–Trinajstić information content (AvgIpc) is 2.80. The van der Waals surface area contributed by atoms with Crippen molar-refractivity contribution < 1.29 is 31.1 Å². The van der Waals surface area contributed by atoms with Crippen LogP contribution in [-0.2, 0) is 14.8 Å². The molecule has 0 radical (unpaired) electrons. The van der Waals surface area contributed by atoms with Gasteiger partial charge in [-0.15, -0.1) is 0 Å². The molecular formula is C22H18ClF3N2O4S. The summed E-state index contributed by atoms with van der Waals surface area (Å²) in [6.07, 6.45) is 4.84. The number of carbonyl (C=O) groups is 1. The number of ether oxygens (including phenoxy) is 1. The maximum atomic E-state index is 14.0. The van der Waals surface area contributed by atoms with Gasteiger partial charge in [-0.05, 0) is 42.0 Å². The number of piperazine rings is 1. The summed E-state index contributed by atoms with van der Waals surface area (Å²) < 4.78 is 72.5. The van der Waals surface area contributed by atoms with Crippen molar-refractivity contribution in [3.8, 4) is 5.75 Å². The van der Waals surface area contributed by atoms with E-state index in [4.69, 9.17) is 16.3 Å². The van der Waals surface area contributed by atoms with Crippen molar-refractivity contribution in [2.24, 2.45) is 0 Å². The van der Waals surface area contributed by atoms with Gasteiger partial charge in [0, 0.05) is 42.8 Å². The van der Waals surface area contributed by atoms with E-state index in [0.29, 0.717) is 22.9 Å². The number of hydrogen-bond acceptors (Lipinski definition) is 4. The van der Waals surface area contributed by atoms with Crippen LogP contribution in [0.2, 0.25) is 5.02 Å². The van der Waals surface area contributed by atoms with E-state index in [1.165, 1.54) is 11.0 Å². The van der Waals surface area contributed by atoms with Crippen LogP contribution in [0.4, 0.5) is 13.2 Å². The van der Waals surface area contributed by atoms with E-state index in [2.05, 4.69) is 0 Å². The Morgan fingerprint density at radius 2 is 1.76 bits per heavy atom. The van der Waals surface area contributed by atoms with Crippen LogP contribution in [0, 0.1) is 17.5 Å². The van der Waals surface area contributed by atoms with E-state index in [1.807, 2.05) is 6.08 Å². The van der Waals surface area contributed by atoms with Crippen LogP contribution in [0.15, 0.2) is 53.0 Å². The first-order chi connectivity index (χ1) is 15.7. The first-order valence-corrected chi connectivity index (χ1v) is 11.7. The van der Waals surface area contributed by atoms with Crippen LogP contribution in [0.25, 0.3) is 6.08 Å². The molecule has 1 amide bonds. The minimum absolute atomic E-state index is 0.0572. The fourth-order valence-electron chi connectivity index (χ4n) is 3.54. The summed E-state index contributed by atoms with van der Waals surface area (Å²) in [7, 11) is -4.38. The molecule has 0 bridgehead atoms. The molecule has 2 aromatic rings. The number of nitrogens with zero attached hydrogens (tertiary/aromatic N) is 2. The number of amides is 1. The van der Waals surface area contributed by atoms with Gasteiger partial charge in [0.25, 0.3) is 0 Å². The molecule has 1 fully saturated rings. The minimum atomic E-state index is -4.38. The van der Waals surface area contributed by atoms with Crippen molar-refractivity contribution in [1.82, 2.24) is 9.21 Å². The smallest absolute Gasteiger partial charge is 0.246 e. The van der Waals surface area contributed by atoms with Crippen LogP contribution in [-0.4, -0.2) is 56.3 Å². The van der Waals surface area contributed by atoms with Crippen LogP contribution >= 0.6 is 11.6 Å². The second kappa shape index (κ2) is 9.20. The number of halogens is 4. The summed E-state index contributed by atoms with van der Waals surface area (Å²) in [6.45, 7) is 0.170. The Morgan fingerprint density at radius 3 is 2.48 bits per heavy atom. The summed E-state index contributed by atoms with van der Waals surface area (Å²) in [5.74, 6) is -4.72. The van der Waals surface area contributed by atoms with Gasteiger partial charge in [-0.3, -0.25) is 4.79 Å². The lowest BCUT2D eigenvalue weighted by Crippen LogP contribution is -2.50. The Bertz CT molecular complexity index is 1270. The zero-order chi connectivity index (χ0) is 23.8. The largest absolute Gasteiger partial charge is 0.488 e. The zero-order valence-corrected chi connectivity index (χ0v) is 18.7. The zero-order valence-electron chi connectivity index (χ0n) is 17.1. The molecule has 0 aliphatic carbocycles. The lowest BCUT2D eigenvalue weighted by molar-refractivity contribution is -0.127. The maximum absolute atomic E-state index is 14.0. The van der Waals surface area contributed by atoms with Crippen molar-refractivity contribution in [1.29, 1.82) is 0 Å². The highest BCUT2D eigenvalue weighted by Crippen LogP contribution is 2.29. The van der Waals surface area contributed by atoms with Crippen LogP contribution < -0.4 is 4.74 Å². The Hall–Kier alpha value is -2.82. The Balaban J connectivity index is 1.40. The highest BCUT2D eigenvalue weighted by Gasteiger charge is 2.33. The maximum Gasteiger partial charge on any atom is 0.246 e. The topological polar surface area (TPSA) is 66.9 Å². The summed E-state index contributed by atoms with van der Waals surface area (Å²) in [5.41, 5.74) is 1.55. The molecular weight excluding hydrogens is 481 g/mol. The molecule has 6 nitrogen and oxygen atoms in total. The second-order valence-corrected chi connectivity index (χ2v) is 9.77. The Morgan fingerprint density at radius 1 is 1.03 bits per heavy atom. The van der Waals surface area contributed by atoms with E-state index in [9.17, 15) is 26.4 Å². The molecule has 0 N–H and O–H groups in total. The molecule has 11 heteroatoms. The number of benzene rings is 2. The number of fused-ring (bicyclic) bond motifs is 1. The summed E-state index contributed by atoms with van der Waals surface area (Å²) in [6, 6.07) is 6.49. The van der Waals surface area contributed by atoms with Crippen molar-refractivity contribution in [3.63, 3.8) is 0 Å². The summed E-state index contributed by atoms with van der Waals surface area (Å²) >= 11 is 5.99. The molecule has 0 atom stereocenters. The van der Waals surface area contributed by atoms with E-state index in [0.717, 1.165) is 15.4 Å². The highest BCUT2D eigenvalue weighted by molar-refractivity contribution is 7.89. The summed E-state index contributed by atoms with van der Waals surface area (Å²) in [5, 5.41) is 0.561. The molecule has 0 unspecified atom stereocenters. The molecule has 0 saturated carbocycles. The molecule has 0 aromatic heterocycles. The fourth-order valence-corrected chi connectivity index (χ4v) is 5.20. The van der Waals surface area contributed by atoms with Gasteiger partial charge in [0.2, 0.25) is 15.9 Å². The minimum Gasteiger partial charge on any atom is -0.488 e. The standard InChI is InChI=1S/C22H18ClF3N2O4S/c23-16-2-4-18-15(12-16)11-14(13-32-18)1-6-20(29)27-7-9-28(10-8-27)33(30,31)19-5-3-17(24)21(25)22(19)26/h1-6,11-12H,7-10,13H2/b6-1+. The first kappa shape index (κ1) is 23.3. The molecule has 2 aliphatic heterocycles. The molecule has 1 saturated heterocycles. The van der Waals surface area contributed by atoms with Crippen molar-refractivity contribution in [3.05, 3.63) is 76.1 Å². The lowest BCUT2D eigenvalue weighted by Gasteiger charge is -2.33. The fraction of sp³-hybridized carbons (Fsp3) is 0.227. The van der Waals surface area contributed by atoms with E-state index < -0.39 is 32.4 Å². The number of rotatable bonds is 4. The van der Waals surface area contributed by atoms with E-state index >= 15 is 0 Å². The van der Waals surface area contributed by atoms with Gasteiger partial charge in [0.1, 0.15) is 17.3 Å². The number of carbonyl (C=O) groups excluding carboxylic acids is 1. The van der Waals surface area contributed by atoms with Crippen LogP contribution in [0.1, 0.15) is 5.56 Å². The quantitative estimate of drug-likeness (QED) is 0.477. The van der Waals surface area contributed by atoms with E-state index in [-0.39, 0.29) is 38.7 Å². The molecule has 2 aliphatic rings. The SMILES string of the molecule is O=C(/C=C/C1=Cc2cc(Cl)ccc2OC1)N1CCN(S(=O)(=O)c2ccc(F)c(F)c2F)CC1. The third kappa shape index (κ3) is 4.78. The van der Waals surface area contributed by atoms with Gasteiger partial charge in [0.05, 0.1) is 0 Å². The van der Waals surface area contributed by atoms with E-state index in [1.54, 1.807) is 24.3 Å². The number of sulfonamides is 1. The van der Waals surface area contributed by atoms with Crippen molar-refractivity contribution in [2.45, 2.75) is 4.90 Å². The molecule has 33 heavy (non-hydrogen) atoms. The highest BCUT2D eigenvalue weighted by atomic mass is 35.5. The Kier molecular flexibility index (Phi) is 6.51. The van der Waals surface area contributed by atoms with Gasteiger partial charge in [-0.2, -0.15) is 4.31 Å². The predicted molar refractivity (Wildman–Crippen MR) is 116 cm³/mol. The van der Waals surface area contributed by atoms with Crippen LogP contribution in [0.3, 0.4) is 0 Å². The van der Waals surface area contributed by atoms with Gasteiger partial charge in [-0.1, -0.05) is 17.7 Å². The average molecular weight is 499 g/mol. The first-order valence-electron chi connectivity index (χ1n) is 9.90. The monoisotopic (exact) mass is 498 g/mol. The summed E-state index contributed by atoms with van der Waals surface area (Å²) in [4.78, 5) is 13.0. The molecule has 0 spiro atoms. The van der Waals surface area contributed by atoms with Gasteiger partial charge in [0.15, 0.2) is 17.5 Å². The number of hydrogen-bond donors (Lipinski definition) is 0.